The number of nitrogens with zero attached hydrogens (tertiary/aromatic N) is 1. The minimum Gasteiger partial charge on any atom is -0.465 e. The molecule has 92 valence electrons. The second kappa shape index (κ2) is 6.47. The number of amides is 1. The Morgan fingerprint density at radius 1 is 1.53 bits per heavy atom. The molecule has 0 bridgehead atoms. The number of esters is 1. The zero-order chi connectivity index (χ0) is 12.7. The smallest absolute Gasteiger partial charge is 0.338 e. The molecule has 1 heterocycles. The number of anilines is 1. The molecule has 0 unspecified atom stereocenters. The van der Waals surface area contributed by atoms with Crippen LogP contribution in [0.2, 0.25) is 0 Å². The molecule has 0 spiro atoms. The van der Waals surface area contributed by atoms with E-state index in [4.69, 9.17) is 5.73 Å². The van der Waals surface area contributed by atoms with E-state index in [1.807, 2.05) is 0 Å². The van der Waals surface area contributed by atoms with Crippen molar-refractivity contribution in [1.82, 2.24) is 4.98 Å². The number of hydrogen-bond acceptors (Lipinski definition) is 5. The summed E-state index contributed by atoms with van der Waals surface area (Å²) in [7, 11) is 1.32. The van der Waals surface area contributed by atoms with Crippen LogP contribution < -0.4 is 11.1 Å². The van der Waals surface area contributed by atoms with E-state index >= 15 is 0 Å². The standard InChI is InChI=1S/C11H15N3O3/c1-17-11(16)8-4-6-14-10(7-8)13-5-2-3-9(12)15/h4,6-7H,2-3,5H2,1H3,(H2,12,15)(H,13,14). The molecule has 0 atom stereocenters. The third-order valence-electron chi connectivity index (χ3n) is 2.09. The molecule has 3 N–H and O–H groups in total. The molecule has 1 amide bonds. The lowest BCUT2D eigenvalue weighted by Gasteiger charge is -2.05. The lowest BCUT2D eigenvalue weighted by atomic mass is 10.2. The van der Waals surface area contributed by atoms with Crippen molar-refractivity contribution in [2.24, 2.45) is 5.73 Å². The van der Waals surface area contributed by atoms with Gasteiger partial charge in [0, 0.05) is 19.2 Å². The van der Waals surface area contributed by atoms with Gasteiger partial charge in [0.05, 0.1) is 12.7 Å². The Bertz CT molecular complexity index is 407. The molecule has 0 radical (unpaired) electrons. The van der Waals surface area contributed by atoms with Gasteiger partial charge in [-0.25, -0.2) is 9.78 Å². The van der Waals surface area contributed by atoms with Crippen molar-refractivity contribution in [2.75, 3.05) is 19.0 Å². The second-order valence-corrected chi connectivity index (χ2v) is 3.42. The first-order valence-corrected chi connectivity index (χ1v) is 5.20. The second-order valence-electron chi connectivity index (χ2n) is 3.42. The first-order valence-electron chi connectivity index (χ1n) is 5.20. The quantitative estimate of drug-likeness (QED) is 0.556. The van der Waals surface area contributed by atoms with Crippen molar-refractivity contribution in [2.45, 2.75) is 12.8 Å². The van der Waals surface area contributed by atoms with Crippen LogP contribution in [-0.4, -0.2) is 30.5 Å². The maximum atomic E-state index is 11.2. The van der Waals surface area contributed by atoms with E-state index in [2.05, 4.69) is 15.0 Å². The Morgan fingerprint density at radius 3 is 2.94 bits per heavy atom. The molecule has 0 aromatic carbocycles. The minimum atomic E-state index is -0.410. The number of carbonyl (C=O) groups excluding carboxylic acids is 2. The van der Waals surface area contributed by atoms with Gasteiger partial charge in [-0.1, -0.05) is 0 Å². The number of nitrogens with two attached hydrogens (primary N) is 1. The van der Waals surface area contributed by atoms with Crippen molar-refractivity contribution in [1.29, 1.82) is 0 Å². The molecule has 0 aliphatic carbocycles. The number of rotatable bonds is 6. The van der Waals surface area contributed by atoms with Crippen LogP contribution >= 0.6 is 0 Å². The predicted molar refractivity (Wildman–Crippen MR) is 62.5 cm³/mol. The van der Waals surface area contributed by atoms with Crippen LogP contribution in [0.15, 0.2) is 18.3 Å². The highest BCUT2D eigenvalue weighted by atomic mass is 16.5. The zero-order valence-electron chi connectivity index (χ0n) is 9.60. The fourth-order valence-electron chi connectivity index (χ4n) is 1.25. The average molecular weight is 237 g/mol. The number of aromatic nitrogens is 1. The number of nitrogens with one attached hydrogen (secondary N) is 1. The number of ether oxygens (including phenoxy) is 1. The molecule has 17 heavy (non-hydrogen) atoms. The maximum absolute atomic E-state index is 11.2. The fraction of sp³-hybridized carbons (Fsp3) is 0.364. The van der Waals surface area contributed by atoms with Crippen LogP contribution in [0, 0.1) is 0 Å². The largest absolute Gasteiger partial charge is 0.465 e. The summed E-state index contributed by atoms with van der Waals surface area (Å²) in [4.78, 5) is 25.8. The molecule has 1 rings (SSSR count). The van der Waals surface area contributed by atoms with Crippen molar-refractivity contribution in [3.63, 3.8) is 0 Å². The van der Waals surface area contributed by atoms with Gasteiger partial charge in [0.2, 0.25) is 5.91 Å². The highest BCUT2D eigenvalue weighted by Crippen LogP contribution is 2.08. The molecule has 1 aromatic heterocycles. The van der Waals surface area contributed by atoms with Gasteiger partial charge in [-0.3, -0.25) is 4.79 Å². The number of pyridine rings is 1. The third kappa shape index (κ3) is 4.50. The van der Waals surface area contributed by atoms with E-state index in [1.54, 1.807) is 12.1 Å². The fourth-order valence-corrected chi connectivity index (χ4v) is 1.25. The topological polar surface area (TPSA) is 94.3 Å². The number of primary amides is 1. The van der Waals surface area contributed by atoms with Gasteiger partial charge in [-0.2, -0.15) is 0 Å². The van der Waals surface area contributed by atoms with Crippen molar-refractivity contribution >= 4 is 17.7 Å². The van der Waals surface area contributed by atoms with Crippen LogP contribution in [0.25, 0.3) is 0 Å². The molecule has 0 saturated carbocycles. The Hall–Kier alpha value is -2.11. The molecule has 6 heteroatoms. The van der Waals surface area contributed by atoms with E-state index in [1.165, 1.54) is 13.3 Å². The summed E-state index contributed by atoms with van der Waals surface area (Å²) >= 11 is 0. The Morgan fingerprint density at radius 2 is 2.29 bits per heavy atom. The van der Waals surface area contributed by atoms with E-state index < -0.39 is 5.97 Å². The van der Waals surface area contributed by atoms with Crippen LogP contribution in [0.5, 0.6) is 0 Å². The predicted octanol–water partition coefficient (Wildman–Crippen LogP) is 0.546. The summed E-state index contributed by atoms with van der Waals surface area (Å²) in [6.07, 6.45) is 2.46. The molecule has 1 aromatic rings. The van der Waals surface area contributed by atoms with E-state index in [0.29, 0.717) is 30.8 Å². The van der Waals surface area contributed by atoms with Gasteiger partial charge < -0.3 is 15.8 Å². The average Bonchev–Trinajstić information content (AvgIpc) is 2.34. The van der Waals surface area contributed by atoms with Gasteiger partial charge in [0.15, 0.2) is 0 Å². The summed E-state index contributed by atoms with van der Waals surface area (Å²) in [5, 5.41) is 2.99. The van der Waals surface area contributed by atoms with Crippen molar-refractivity contribution in [3.05, 3.63) is 23.9 Å². The number of methoxy groups -OCH3 is 1. The molecule has 0 aliphatic rings. The lowest BCUT2D eigenvalue weighted by Crippen LogP contribution is -2.13. The highest BCUT2D eigenvalue weighted by molar-refractivity contribution is 5.89. The Kier molecular flexibility index (Phi) is 4.93. The molecular formula is C11H15N3O3. The monoisotopic (exact) mass is 237 g/mol. The molecular weight excluding hydrogens is 222 g/mol. The highest BCUT2D eigenvalue weighted by Gasteiger charge is 2.05. The SMILES string of the molecule is COC(=O)c1ccnc(NCCCC(N)=O)c1. The Balaban J connectivity index is 2.48. The summed E-state index contributed by atoms with van der Waals surface area (Å²) in [5.74, 6) is -0.173. The molecule has 0 aliphatic heterocycles. The van der Waals surface area contributed by atoms with Crippen LogP contribution in [0.3, 0.4) is 0 Å². The van der Waals surface area contributed by atoms with Crippen molar-refractivity contribution < 1.29 is 14.3 Å². The van der Waals surface area contributed by atoms with Gasteiger partial charge >= 0.3 is 5.97 Å². The van der Waals surface area contributed by atoms with Gasteiger partial charge in [0.25, 0.3) is 0 Å². The normalized spacial score (nSPS) is 9.71. The van der Waals surface area contributed by atoms with Crippen molar-refractivity contribution in [3.8, 4) is 0 Å². The summed E-state index contributed by atoms with van der Waals surface area (Å²) in [5.41, 5.74) is 5.44. The minimum absolute atomic E-state index is 0.323. The van der Waals surface area contributed by atoms with E-state index in [9.17, 15) is 9.59 Å². The maximum Gasteiger partial charge on any atom is 0.338 e. The van der Waals surface area contributed by atoms with Crippen LogP contribution in [0.1, 0.15) is 23.2 Å². The van der Waals surface area contributed by atoms with E-state index in [0.717, 1.165) is 0 Å². The van der Waals surface area contributed by atoms with E-state index in [-0.39, 0.29) is 5.91 Å². The Labute approximate surface area is 99.2 Å². The first-order chi connectivity index (χ1) is 8.13. The zero-order valence-corrected chi connectivity index (χ0v) is 9.60. The first kappa shape index (κ1) is 13.0. The molecule has 6 nitrogen and oxygen atoms in total. The summed E-state index contributed by atoms with van der Waals surface area (Å²) < 4.78 is 4.59. The molecule has 0 fully saturated rings. The van der Waals surface area contributed by atoms with Crippen LogP contribution in [-0.2, 0) is 9.53 Å². The number of hydrogen-bond donors (Lipinski definition) is 2. The number of carbonyl (C=O) groups is 2. The van der Waals surface area contributed by atoms with Gasteiger partial charge in [-0.05, 0) is 18.6 Å². The summed E-state index contributed by atoms with van der Waals surface area (Å²) in [6, 6.07) is 3.16. The summed E-state index contributed by atoms with van der Waals surface area (Å²) in [6.45, 7) is 0.570. The molecule has 0 saturated heterocycles. The van der Waals surface area contributed by atoms with Gasteiger partial charge in [0.1, 0.15) is 5.82 Å². The van der Waals surface area contributed by atoms with Crippen LogP contribution in [0.4, 0.5) is 5.82 Å². The third-order valence-corrected chi connectivity index (χ3v) is 2.09. The lowest BCUT2D eigenvalue weighted by molar-refractivity contribution is -0.118. The van der Waals surface area contributed by atoms with Gasteiger partial charge in [-0.15, -0.1) is 0 Å².